The van der Waals surface area contributed by atoms with Crippen LogP contribution in [0.2, 0.25) is 0 Å². The Hall–Kier alpha value is -1.10. The van der Waals surface area contributed by atoms with E-state index in [0.717, 1.165) is 25.7 Å². The van der Waals surface area contributed by atoms with Gasteiger partial charge < -0.3 is 15.3 Å². The molecule has 5 heteroatoms. The summed E-state index contributed by atoms with van der Waals surface area (Å²) in [7, 11) is 0. The lowest BCUT2D eigenvalue weighted by atomic mass is 10.1. The maximum Gasteiger partial charge on any atom is 0.242 e. The molecule has 2 N–H and O–H groups in total. The van der Waals surface area contributed by atoms with E-state index in [1.54, 1.807) is 4.90 Å². The summed E-state index contributed by atoms with van der Waals surface area (Å²) >= 11 is 0. The van der Waals surface area contributed by atoms with E-state index >= 15 is 0 Å². The van der Waals surface area contributed by atoms with Crippen molar-refractivity contribution in [3.63, 3.8) is 0 Å². The lowest BCUT2D eigenvalue weighted by molar-refractivity contribution is -0.139. The fourth-order valence-corrected chi connectivity index (χ4v) is 2.33. The van der Waals surface area contributed by atoms with Crippen LogP contribution in [-0.2, 0) is 9.59 Å². The normalized spacial score (nSPS) is 25.0. The molecule has 2 aliphatic rings. The molecule has 0 bridgehead atoms. The van der Waals surface area contributed by atoms with E-state index in [0.29, 0.717) is 13.1 Å². The van der Waals surface area contributed by atoms with Gasteiger partial charge in [-0.15, -0.1) is 0 Å². The molecule has 2 unspecified atom stereocenters. The summed E-state index contributed by atoms with van der Waals surface area (Å²) in [6, 6.07) is -0.288. The highest BCUT2D eigenvalue weighted by atomic mass is 16.3. The highest BCUT2D eigenvalue weighted by Gasteiger charge is 2.40. The molecule has 5 nitrogen and oxygen atoms in total. The molecule has 0 aromatic carbocycles. The summed E-state index contributed by atoms with van der Waals surface area (Å²) in [5.74, 6) is 0.322. The number of nitrogens with zero attached hydrogens (tertiary/aromatic N) is 1. The summed E-state index contributed by atoms with van der Waals surface area (Å²) in [4.78, 5) is 25.8. The lowest BCUT2D eigenvalue weighted by Gasteiger charge is -2.24. The van der Waals surface area contributed by atoms with Gasteiger partial charge in [0.2, 0.25) is 11.8 Å². The fourth-order valence-electron chi connectivity index (χ4n) is 2.33. The molecule has 0 spiro atoms. The molecule has 0 aromatic rings. The van der Waals surface area contributed by atoms with Gasteiger partial charge in [-0.3, -0.25) is 9.59 Å². The quantitative estimate of drug-likeness (QED) is 0.733. The first-order chi connectivity index (χ1) is 8.63. The van der Waals surface area contributed by atoms with Gasteiger partial charge in [0, 0.05) is 25.6 Å². The minimum absolute atomic E-state index is 0.0583. The van der Waals surface area contributed by atoms with E-state index < -0.39 is 0 Å². The Morgan fingerprint density at radius 3 is 2.72 bits per heavy atom. The molecule has 0 aromatic heterocycles. The predicted molar refractivity (Wildman–Crippen MR) is 66.7 cm³/mol. The molecular formula is C13H22N2O3. The molecule has 2 atom stereocenters. The van der Waals surface area contributed by atoms with Crippen LogP contribution in [0.3, 0.4) is 0 Å². The summed E-state index contributed by atoms with van der Waals surface area (Å²) in [6.07, 6.45) is 3.63. The SMILES string of the molecule is CC(CO)CNC(=O)C1CCCN1C(=O)C1CC1. The standard InChI is InChI=1S/C13H22N2O3/c1-9(8-16)7-14-12(17)11-3-2-6-15(11)13(18)10-4-5-10/h9-11,16H,2-8H2,1H3,(H,14,17). The summed E-state index contributed by atoms with van der Waals surface area (Å²) in [5, 5.41) is 11.7. The first-order valence-electron chi connectivity index (χ1n) is 6.82. The van der Waals surface area contributed by atoms with Crippen LogP contribution >= 0.6 is 0 Å². The van der Waals surface area contributed by atoms with Gasteiger partial charge in [0.25, 0.3) is 0 Å². The van der Waals surface area contributed by atoms with Crippen LogP contribution in [0.25, 0.3) is 0 Å². The maximum absolute atomic E-state index is 12.0. The second-order valence-corrected chi connectivity index (χ2v) is 5.50. The third-order valence-corrected chi connectivity index (χ3v) is 3.70. The van der Waals surface area contributed by atoms with Crippen LogP contribution in [0.15, 0.2) is 0 Å². The summed E-state index contributed by atoms with van der Waals surface area (Å²) < 4.78 is 0. The number of aliphatic hydroxyl groups excluding tert-OH is 1. The monoisotopic (exact) mass is 254 g/mol. The summed E-state index contributed by atoms with van der Waals surface area (Å²) in [5.41, 5.74) is 0. The number of nitrogens with one attached hydrogen (secondary N) is 1. The Labute approximate surface area is 108 Å². The average Bonchev–Trinajstić information content (AvgIpc) is 3.11. The Morgan fingerprint density at radius 1 is 1.39 bits per heavy atom. The smallest absolute Gasteiger partial charge is 0.242 e. The molecule has 18 heavy (non-hydrogen) atoms. The minimum atomic E-state index is -0.288. The first kappa shape index (κ1) is 13.3. The molecule has 2 fully saturated rings. The van der Waals surface area contributed by atoms with Crippen molar-refractivity contribution in [3.8, 4) is 0 Å². The molecule has 1 heterocycles. The molecule has 1 aliphatic heterocycles. The third kappa shape index (κ3) is 3.02. The third-order valence-electron chi connectivity index (χ3n) is 3.70. The van der Waals surface area contributed by atoms with Crippen LogP contribution in [0, 0.1) is 11.8 Å². The van der Waals surface area contributed by atoms with E-state index in [1.807, 2.05) is 6.92 Å². The molecule has 0 radical (unpaired) electrons. The fraction of sp³-hybridized carbons (Fsp3) is 0.846. The number of carbonyl (C=O) groups excluding carboxylic acids is 2. The van der Waals surface area contributed by atoms with Gasteiger partial charge in [-0.2, -0.15) is 0 Å². The molecule has 1 saturated carbocycles. The first-order valence-corrected chi connectivity index (χ1v) is 6.82. The Bertz CT molecular complexity index is 328. The number of rotatable bonds is 5. The van der Waals surface area contributed by atoms with Crippen molar-refractivity contribution in [1.82, 2.24) is 10.2 Å². The Kier molecular flexibility index (Phi) is 4.22. The summed E-state index contributed by atoms with van der Waals surface area (Å²) in [6.45, 7) is 3.12. The van der Waals surface area contributed by atoms with E-state index in [4.69, 9.17) is 5.11 Å². The van der Waals surface area contributed by atoms with Crippen molar-refractivity contribution in [2.75, 3.05) is 19.7 Å². The zero-order valence-electron chi connectivity index (χ0n) is 10.9. The largest absolute Gasteiger partial charge is 0.396 e. The molecule has 102 valence electrons. The topological polar surface area (TPSA) is 69.6 Å². The number of amides is 2. The zero-order valence-corrected chi connectivity index (χ0v) is 10.9. The van der Waals surface area contributed by atoms with E-state index in [9.17, 15) is 9.59 Å². The highest BCUT2D eigenvalue weighted by molar-refractivity contribution is 5.89. The van der Waals surface area contributed by atoms with Gasteiger partial charge in [-0.1, -0.05) is 6.92 Å². The van der Waals surface area contributed by atoms with Crippen molar-refractivity contribution in [2.45, 2.75) is 38.6 Å². The van der Waals surface area contributed by atoms with Crippen molar-refractivity contribution in [2.24, 2.45) is 11.8 Å². The van der Waals surface area contributed by atoms with Crippen molar-refractivity contribution < 1.29 is 14.7 Å². The van der Waals surface area contributed by atoms with Crippen molar-refractivity contribution in [3.05, 3.63) is 0 Å². The Morgan fingerprint density at radius 2 is 2.11 bits per heavy atom. The van der Waals surface area contributed by atoms with E-state index in [-0.39, 0.29) is 36.3 Å². The Balaban J connectivity index is 1.86. The van der Waals surface area contributed by atoms with Crippen molar-refractivity contribution >= 4 is 11.8 Å². The number of hydrogen-bond donors (Lipinski definition) is 2. The minimum Gasteiger partial charge on any atom is -0.396 e. The van der Waals surface area contributed by atoms with Gasteiger partial charge in [-0.05, 0) is 31.6 Å². The van der Waals surface area contributed by atoms with Crippen LogP contribution in [-0.4, -0.2) is 47.6 Å². The van der Waals surface area contributed by atoms with Crippen LogP contribution in [0.1, 0.15) is 32.6 Å². The van der Waals surface area contributed by atoms with E-state index in [2.05, 4.69) is 5.32 Å². The lowest BCUT2D eigenvalue weighted by Crippen LogP contribution is -2.47. The van der Waals surface area contributed by atoms with Gasteiger partial charge in [0.15, 0.2) is 0 Å². The molecule has 2 rings (SSSR count). The average molecular weight is 254 g/mol. The molecule has 1 saturated heterocycles. The van der Waals surface area contributed by atoms with Gasteiger partial charge >= 0.3 is 0 Å². The number of likely N-dealkylation sites (tertiary alicyclic amines) is 1. The second-order valence-electron chi connectivity index (χ2n) is 5.50. The number of aliphatic hydroxyl groups is 1. The predicted octanol–water partition coefficient (Wildman–Crippen LogP) is 0.132. The van der Waals surface area contributed by atoms with Gasteiger partial charge in [-0.25, -0.2) is 0 Å². The van der Waals surface area contributed by atoms with E-state index in [1.165, 1.54) is 0 Å². The van der Waals surface area contributed by atoms with Crippen LogP contribution < -0.4 is 5.32 Å². The van der Waals surface area contributed by atoms with Gasteiger partial charge in [0.1, 0.15) is 6.04 Å². The van der Waals surface area contributed by atoms with Crippen LogP contribution in [0.4, 0.5) is 0 Å². The molecule has 1 aliphatic carbocycles. The van der Waals surface area contributed by atoms with Gasteiger partial charge in [0.05, 0.1) is 0 Å². The van der Waals surface area contributed by atoms with Crippen molar-refractivity contribution in [1.29, 1.82) is 0 Å². The van der Waals surface area contributed by atoms with Crippen LogP contribution in [0.5, 0.6) is 0 Å². The number of hydrogen-bond acceptors (Lipinski definition) is 3. The maximum atomic E-state index is 12.0. The second kappa shape index (κ2) is 5.69. The molecular weight excluding hydrogens is 232 g/mol. The number of carbonyl (C=O) groups is 2. The molecule has 2 amide bonds. The highest BCUT2D eigenvalue weighted by Crippen LogP contribution is 2.33. The zero-order chi connectivity index (χ0) is 13.1.